The molecule has 0 saturated carbocycles. The lowest BCUT2D eigenvalue weighted by Crippen LogP contribution is -2.41. The predicted octanol–water partition coefficient (Wildman–Crippen LogP) is 3.75. The first-order valence-corrected chi connectivity index (χ1v) is 11.2. The molecule has 28 heavy (non-hydrogen) atoms. The van der Waals surface area contributed by atoms with E-state index in [0.29, 0.717) is 40.5 Å². The van der Waals surface area contributed by atoms with Gasteiger partial charge >= 0.3 is 0 Å². The summed E-state index contributed by atoms with van der Waals surface area (Å²) in [5.74, 6) is 0.592. The molecule has 0 spiro atoms. The Morgan fingerprint density at radius 1 is 0.750 bits per heavy atom. The summed E-state index contributed by atoms with van der Waals surface area (Å²) in [4.78, 5) is 6.57. The molecule has 0 aliphatic carbocycles. The van der Waals surface area contributed by atoms with E-state index in [1.807, 2.05) is 29.2 Å². The van der Waals surface area contributed by atoms with E-state index in [1.54, 1.807) is 24.3 Å². The highest BCUT2D eigenvalue weighted by Gasteiger charge is 2.25. The van der Waals surface area contributed by atoms with Crippen molar-refractivity contribution in [2.45, 2.75) is 0 Å². The molecule has 2 heterocycles. The highest BCUT2D eigenvalue weighted by molar-refractivity contribution is 7.91. The zero-order valence-corrected chi connectivity index (χ0v) is 17.0. The Balaban J connectivity index is 1.78. The smallest absolute Gasteiger partial charge is 0.246 e. The van der Waals surface area contributed by atoms with Gasteiger partial charge in [0, 0.05) is 34.3 Å². The van der Waals surface area contributed by atoms with E-state index in [0.717, 1.165) is 11.1 Å². The minimum Gasteiger partial charge on any atom is -0.337 e. The number of benzene rings is 2. The standard InChI is InChI=1S/C19H16Cl2N4O2S/c20-15-5-1-13(2-6-15)17-18(14-3-7-16(21)8-4-14)23-24-19(22-17)25-9-11-28(26,27)12-10-25/h1-8H,9-12H2. The third-order valence-electron chi connectivity index (χ3n) is 4.54. The Kier molecular flexibility index (Phi) is 5.23. The van der Waals surface area contributed by atoms with Gasteiger partial charge in [-0.15, -0.1) is 10.2 Å². The molecule has 0 amide bonds. The topological polar surface area (TPSA) is 76.1 Å². The van der Waals surface area contributed by atoms with E-state index in [9.17, 15) is 8.42 Å². The summed E-state index contributed by atoms with van der Waals surface area (Å²) in [6.45, 7) is 0.703. The molecule has 1 fully saturated rings. The monoisotopic (exact) mass is 434 g/mol. The van der Waals surface area contributed by atoms with Gasteiger partial charge in [-0.25, -0.2) is 13.4 Å². The van der Waals surface area contributed by atoms with Crippen molar-refractivity contribution in [3.05, 3.63) is 58.6 Å². The molecule has 1 aliphatic rings. The summed E-state index contributed by atoms with van der Waals surface area (Å²) in [5.41, 5.74) is 2.95. The molecule has 4 rings (SSSR count). The molecule has 144 valence electrons. The maximum atomic E-state index is 11.7. The van der Waals surface area contributed by atoms with E-state index >= 15 is 0 Å². The summed E-state index contributed by atoms with van der Waals surface area (Å²) < 4.78 is 23.4. The zero-order valence-electron chi connectivity index (χ0n) is 14.7. The van der Waals surface area contributed by atoms with Gasteiger partial charge in [-0.2, -0.15) is 0 Å². The van der Waals surface area contributed by atoms with Crippen LogP contribution in [0.2, 0.25) is 10.0 Å². The number of anilines is 1. The van der Waals surface area contributed by atoms with Crippen LogP contribution < -0.4 is 4.90 Å². The lowest BCUT2D eigenvalue weighted by Gasteiger charge is -2.26. The Labute approximate surface area is 173 Å². The minimum atomic E-state index is -2.99. The number of aromatic nitrogens is 3. The average Bonchev–Trinajstić information content (AvgIpc) is 2.69. The fourth-order valence-electron chi connectivity index (χ4n) is 2.98. The predicted molar refractivity (Wildman–Crippen MR) is 112 cm³/mol. The van der Waals surface area contributed by atoms with E-state index in [2.05, 4.69) is 10.2 Å². The fraction of sp³-hybridized carbons (Fsp3) is 0.211. The quantitative estimate of drug-likeness (QED) is 0.624. The van der Waals surface area contributed by atoms with Crippen molar-refractivity contribution in [1.29, 1.82) is 0 Å². The fourth-order valence-corrected chi connectivity index (χ4v) is 4.43. The molecule has 9 heteroatoms. The summed E-state index contributed by atoms with van der Waals surface area (Å²) in [6, 6.07) is 14.6. The van der Waals surface area contributed by atoms with Crippen LogP contribution in [0.1, 0.15) is 0 Å². The van der Waals surface area contributed by atoms with Gasteiger partial charge in [0.25, 0.3) is 0 Å². The first kappa shape index (κ1) is 19.1. The second-order valence-electron chi connectivity index (χ2n) is 6.46. The number of sulfone groups is 1. The SMILES string of the molecule is O=S1(=O)CCN(c2nnc(-c3ccc(Cl)cc3)c(-c3ccc(Cl)cc3)n2)CC1. The van der Waals surface area contributed by atoms with Crippen molar-refractivity contribution in [3.63, 3.8) is 0 Å². The van der Waals surface area contributed by atoms with Crippen molar-refractivity contribution in [1.82, 2.24) is 15.2 Å². The maximum absolute atomic E-state index is 11.7. The van der Waals surface area contributed by atoms with Gasteiger partial charge in [-0.05, 0) is 24.3 Å². The molecule has 0 N–H and O–H groups in total. The highest BCUT2D eigenvalue weighted by Crippen LogP contribution is 2.31. The number of hydrogen-bond donors (Lipinski definition) is 0. The van der Waals surface area contributed by atoms with Crippen molar-refractivity contribution in [2.24, 2.45) is 0 Å². The molecule has 2 aromatic carbocycles. The van der Waals surface area contributed by atoms with Crippen LogP contribution in [0, 0.1) is 0 Å². The molecule has 6 nitrogen and oxygen atoms in total. The second-order valence-corrected chi connectivity index (χ2v) is 9.64. The number of rotatable bonds is 3. The Morgan fingerprint density at radius 2 is 1.25 bits per heavy atom. The molecule has 0 unspecified atom stereocenters. The molecule has 0 atom stereocenters. The van der Waals surface area contributed by atoms with Gasteiger partial charge in [0.15, 0.2) is 9.84 Å². The molecule has 1 aliphatic heterocycles. The molecule has 3 aromatic rings. The molecule has 1 aromatic heterocycles. The summed E-state index contributed by atoms with van der Waals surface area (Å²) in [6.07, 6.45) is 0. The Morgan fingerprint density at radius 3 is 1.79 bits per heavy atom. The van der Waals surface area contributed by atoms with Gasteiger partial charge in [0.2, 0.25) is 5.95 Å². The highest BCUT2D eigenvalue weighted by atomic mass is 35.5. The summed E-state index contributed by atoms with van der Waals surface area (Å²) in [7, 11) is -2.99. The van der Waals surface area contributed by atoms with Crippen LogP contribution in [0.15, 0.2) is 48.5 Å². The van der Waals surface area contributed by atoms with E-state index < -0.39 is 9.84 Å². The van der Waals surface area contributed by atoms with Gasteiger partial charge in [0.05, 0.1) is 11.5 Å². The normalized spacial score (nSPS) is 16.1. The van der Waals surface area contributed by atoms with Crippen LogP contribution in [0.3, 0.4) is 0 Å². The van der Waals surface area contributed by atoms with Crippen LogP contribution in [-0.2, 0) is 9.84 Å². The number of halogens is 2. The molecular formula is C19H16Cl2N4O2S. The van der Waals surface area contributed by atoms with Crippen LogP contribution in [-0.4, -0.2) is 48.2 Å². The minimum absolute atomic E-state index is 0.0889. The van der Waals surface area contributed by atoms with Crippen LogP contribution in [0.4, 0.5) is 5.95 Å². The van der Waals surface area contributed by atoms with Crippen molar-refractivity contribution >= 4 is 39.0 Å². The molecule has 1 saturated heterocycles. The lowest BCUT2D eigenvalue weighted by molar-refractivity contribution is 0.585. The van der Waals surface area contributed by atoms with Gasteiger partial charge in [-0.1, -0.05) is 47.5 Å². The van der Waals surface area contributed by atoms with E-state index in [4.69, 9.17) is 28.2 Å². The lowest BCUT2D eigenvalue weighted by atomic mass is 10.0. The Hall–Kier alpha value is -2.22. The molecule has 0 radical (unpaired) electrons. The summed E-state index contributed by atoms with van der Waals surface area (Å²) >= 11 is 12.0. The molecule has 0 bridgehead atoms. The van der Waals surface area contributed by atoms with Crippen LogP contribution in [0.25, 0.3) is 22.5 Å². The number of hydrogen-bond acceptors (Lipinski definition) is 6. The first-order valence-electron chi connectivity index (χ1n) is 8.63. The van der Waals surface area contributed by atoms with Gasteiger partial charge in [0.1, 0.15) is 11.4 Å². The van der Waals surface area contributed by atoms with E-state index in [-0.39, 0.29) is 11.5 Å². The van der Waals surface area contributed by atoms with Crippen molar-refractivity contribution in [3.8, 4) is 22.5 Å². The molecular weight excluding hydrogens is 419 g/mol. The van der Waals surface area contributed by atoms with E-state index in [1.165, 1.54) is 0 Å². The first-order chi connectivity index (χ1) is 13.4. The van der Waals surface area contributed by atoms with Crippen LogP contribution >= 0.6 is 23.2 Å². The largest absolute Gasteiger partial charge is 0.337 e. The third kappa shape index (κ3) is 4.11. The third-order valence-corrected chi connectivity index (χ3v) is 6.65. The van der Waals surface area contributed by atoms with Gasteiger partial charge in [-0.3, -0.25) is 0 Å². The maximum Gasteiger partial charge on any atom is 0.246 e. The zero-order chi connectivity index (χ0) is 19.7. The summed E-state index contributed by atoms with van der Waals surface area (Å²) in [5, 5.41) is 9.93. The second kappa shape index (κ2) is 7.66. The van der Waals surface area contributed by atoms with Crippen LogP contribution in [0.5, 0.6) is 0 Å². The van der Waals surface area contributed by atoms with Crippen molar-refractivity contribution in [2.75, 3.05) is 29.5 Å². The Bertz CT molecular complexity index is 1090. The van der Waals surface area contributed by atoms with Crippen molar-refractivity contribution < 1.29 is 8.42 Å². The average molecular weight is 435 g/mol. The number of nitrogens with zero attached hydrogens (tertiary/aromatic N) is 4. The van der Waals surface area contributed by atoms with Gasteiger partial charge < -0.3 is 4.90 Å².